The summed E-state index contributed by atoms with van der Waals surface area (Å²) in [5, 5.41) is 10.2. The molecule has 5 atom stereocenters. The summed E-state index contributed by atoms with van der Waals surface area (Å²) in [6, 6.07) is 7.84. The summed E-state index contributed by atoms with van der Waals surface area (Å²) in [5.74, 6) is -3.00. The van der Waals surface area contributed by atoms with Crippen LogP contribution in [0.4, 0.5) is 8.78 Å². The third kappa shape index (κ3) is 4.96. The first kappa shape index (κ1) is 22.9. The monoisotopic (exact) mass is 422 g/mol. The molecule has 0 amide bonds. The zero-order chi connectivity index (χ0) is 20.9. The summed E-state index contributed by atoms with van der Waals surface area (Å²) in [6.45, 7) is 3.93. The van der Waals surface area contributed by atoms with Crippen LogP contribution in [-0.4, -0.2) is 54.4 Å². The van der Waals surface area contributed by atoms with Gasteiger partial charge in [0.1, 0.15) is 6.10 Å². The van der Waals surface area contributed by atoms with Crippen molar-refractivity contribution in [2.75, 3.05) is 13.2 Å². The Hall–Kier alpha value is -1.38. The number of alkyl halides is 2. The molecule has 1 aromatic rings. The molecule has 3 unspecified atom stereocenters. The van der Waals surface area contributed by atoms with E-state index in [1.165, 1.54) is 26.0 Å². The van der Waals surface area contributed by atoms with Crippen molar-refractivity contribution >= 4 is 13.6 Å². The number of hydrogen-bond acceptors (Lipinski definition) is 7. The fourth-order valence-electron chi connectivity index (χ4n) is 2.82. The van der Waals surface area contributed by atoms with Gasteiger partial charge in [-0.15, -0.1) is 0 Å². The van der Waals surface area contributed by atoms with Crippen LogP contribution in [0, 0.1) is 0 Å². The van der Waals surface area contributed by atoms with Gasteiger partial charge in [-0.2, -0.15) is 0 Å². The smallest absolute Gasteiger partial charge is 0.364 e. The molecule has 0 aromatic heterocycles. The van der Waals surface area contributed by atoms with E-state index in [0.717, 1.165) is 6.92 Å². The molecule has 1 aliphatic rings. The van der Waals surface area contributed by atoms with E-state index in [9.17, 15) is 23.2 Å². The molecule has 1 heterocycles. The van der Waals surface area contributed by atoms with Crippen molar-refractivity contribution in [2.45, 2.75) is 57.3 Å². The average Bonchev–Trinajstić information content (AvgIpc) is 2.86. The summed E-state index contributed by atoms with van der Waals surface area (Å²) >= 11 is 0. The van der Waals surface area contributed by atoms with Crippen LogP contribution in [0.15, 0.2) is 30.3 Å². The topological polar surface area (TPSA) is 91.3 Å². The maximum Gasteiger partial charge on any atom is 0.364 e. The van der Waals surface area contributed by atoms with Crippen LogP contribution in [0.1, 0.15) is 37.6 Å². The molecule has 1 fully saturated rings. The van der Waals surface area contributed by atoms with E-state index in [0.29, 0.717) is 0 Å². The van der Waals surface area contributed by atoms with Crippen LogP contribution < -0.4 is 0 Å². The number of halogens is 2. The molecule has 7 nitrogen and oxygen atoms in total. The predicted octanol–water partition coefficient (Wildman–Crippen LogP) is 3.61. The van der Waals surface area contributed by atoms with Gasteiger partial charge in [0.15, 0.2) is 5.67 Å². The highest BCUT2D eigenvalue weighted by Crippen LogP contribution is 2.56. The van der Waals surface area contributed by atoms with Crippen molar-refractivity contribution in [3.8, 4) is 0 Å². The Labute approximate surface area is 162 Å². The number of hydrogen-bond donors (Lipinski definition) is 1. The quantitative estimate of drug-likeness (QED) is 0.480. The summed E-state index contributed by atoms with van der Waals surface area (Å²) in [5.41, 5.74) is -2.32. The standard InChI is InChI=1S/C18H25F2O7P/c1-4-24-28(23,25-5-2)14(19)11-13-15(21)18(3,20)17(26-13)27-16(22)12-9-7-6-8-10-12/h6-10,13-15,17,21H,4-5,11H2,1-3H3/t13-,14?,15+,17?,18?/m1/s1. The van der Waals surface area contributed by atoms with Gasteiger partial charge >= 0.3 is 13.6 Å². The van der Waals surface area contributed by atoms with Gasteiger partial charge in [-0.1, -0.05) is 18.2 Å². The Morgan fingerprint density at radius 3 is 2.39 bits per heavy atom. The summed E-state index contributed by atoms with van der Waals surface area (Å²) in [4.78, 5) is 12.1. The van der Waals surface area contributed by atoms with Gasteiger partial charge in [0, 0.05) is 6.42 Å². The second-order valence-electron chi connectivity index (χ2n) is 6.42. The zero-order valence-corrected chi connectivity index (χ0v) is 16.8. The highest BCUT2D eigenvalue weighted by molar-refractivity contribution is 7.54. The van der Waals surface area contributed by atoms with Crippen molar-refractivity contribution < 1.29 is 41.8 Å². The Morgan fingerprint density at radius 1 is 1.29 bits per heavy atom. The van der Waals surface area contributed by atoms with Crippen molar-refractivity contribution in [3.63, 3.8) is 0 Å². The van der Waals surface area contributed by atoms with E-state index in [1.807, 2.05) is 0 Å². The lowest BCUT2D eigenvalue weighted by molar-refractivity contribution is -0.146. The fraction of sp³-hybridized carbons (Fsp3) is 0.611. The second-order valence-corrected chi connectivity index (χ2v) is 8.58. The number of carbonyl (C=O) groups excluding carboxylic acids is 1. The molecule has 28 heavy (non-hydrogen) atoms. The van der Waals surface area contributed by atoms with Crippen molar-refractivity contribution in [1.29, 1.82) is 0 Å². The van der Waals surface area contributed by atoms with E-state index in [-0.39, 0.29) is 18.8 Å². The number of rotatable bonds is 9. The van der Waals surface area contributed by atoms with Crippen LogP contribution in [-0.2, 0) is 23.1 Å². The molecular formula is C18H25F2O7P. The van der Waals surface area contributed by atoms with Crippen LogP contribution in [0.3, 0.4) is 0 Å². The van der Waals surface area contributed by atoms with Gasteiger partial charge in [-0.3, -0.25) is 4.57 Å². The van der Waals surface area contributed by atoms with Crippen molar-refractivity contribution in [3.05, 3.63) is 35.9 Å². The Balaban J connectivity index is 2.09. The Bertz CT molecular complexity index is 690. The molecule has 2 rings (SSSR count). The highest BCUT2D eigenvalue weighted by atomic mass is 31.2. The van der Waals surface area contributed by atoms with Gasteiger partial charge in [-0.25, -0.2) is 13.6 Å². The second kappa shape index (κ2) is 9.41. The van der Waals surface area contributed by atoms with Gasteiger partial charge in [0.05, 0.1) is 24.9 Å². The number of benzene rings is 1. The first-order chi connectivity index (χ1) is 13.2. The van der Waals surface area contributed by atoms with Crippen molar-refractivity contribution in [2.24, 2.45) is 0 Å². The molecule has 158 valence electrons. The fourth-order valence-corrected chi connectivity index (χ4v) is 4.40. The Morgan fingerprint density at radius 2 is 1.86 bits per heavy atom. The first-order valence-electron chi connectivity index (χ1n) is 8.97. The van der Waals surface area contributed by atoms with E-state index >= 15 is 0 Å². The molecule has 0 saturated carbocycles. The predicted molar refractivity (Wildman–Crippen MR) is 96.4 cm³/mol. The zero-order valence-electron chi connectivity index (χ0n) is 15.9. The Kier molecular flexibility index (Phi) is 7.70. The average molecular weight is 422 g/mol. The van der Waals surface area contributed by atoms with Crippen LogP contribution >= 0.6 is 7.60 Å². The minimum atomic E-state index is -4.11. The third-order valence-corrected chi connectivity index (χ3v) is 6.43. The normalized spacial score (nSPS) is 28.9. The number of esters is 1. The van der Waals surface area contributed by atoms with Gasteiger partial charge < -0.3 is 23.6 Å². The van der Waals surface area contributed by atoms with Gasteiger partial charge in [0.2, 0.25) is 12.2 Å². The van der Waals surface area contributed by atoms with Gasteiger partial charge in [0.25, 0.3) is 0 Å². The lowest BCUT2D eigenvalue weighted by Crippen LogP contribution is -2.43. The van der Waals surface area contributed by atoms with Crippen LogP contribution in [0.25, 0.3) is 0 Å². The molecule has 1 aromatic carbocycles. The number of ether oxygens (including phenoxy) is 2. The summed E-state index contributed by atoms with van der Waals surface area (Å²) < 4.78 is 62.2. The summed E-state index contributed by atoms with van der Waals surface area (Å²) in [6.07, 6.45) is -5.63. The minimum absolute atomic E-state index is 0.0517. The lowest BCUT2D eigenvalue weighted by atomic mass is 9.98. The van der Waals surface area contributed by atoms with E-state index in [2.05, 4.69) is 0 Å². The number of aliphatic hydroxyl groups excluding tert-OH is 1. The van der Waals surface area contributed by atoms with Crippen LogP contribution in [0.5, 0.6) is 0 Å². The SMILES string of the molecule is CCOP(=O)(OCC)C(F)C[C@H]1OC(OC(=O)c2ccccc2)C(C)(F)[C@H]1O. The molecule has 0 bridgehead atoms. The lowest BCUT2D eigenvalue weighted by Gasteiger charge is -2.24. The van der Waals surface area contributed by atoms with E-state index in [4.69, 9.17) is 18.5 Å². The molecule has 1 saturated heterocycles. The van der Waals surface area contributed by atoms with Crippen molar-refractivity contribution in [1.82, 2.24) is 0 Å². The third-order valence-electron chi connectivity index (χ3n) is 4.30. The summed E-state index contributed by atoms with van der Waals surface area (Å²) in [7, 11) is -4.11. The van der Waals surface area contributed by atoms with Gasteiger partial charge in [-0.05, 0) is 32.9 Å². The molecule has 1 aliphatic heterocycles. The molecular weight excluding hydrogens is 397 g/mol. The first-order valence-corrected chi connectivity index (χ1v) is 10.6. The molecule has 0 aliphatic carbocycles. The highest BCUT2D eigenvalue weighted by Gasteiger charge is 2.57. The molecule has 10 heteroatoms. The molecule has 0 spiro atoms. The number of carbonyl (C=O) groups is 1. The molecule has 0 radical (unpaired) electrons. The maximum atomic E-state index is 14.9. The minimum Gasteiger partial charge on any atom is -0.428 e. The molecule has 1 N–H and O–H groups in total. The number of aliphatic hydroxyl groups is 1. The van der Waals surface area contributed by atoms with E-state index in [1.54, 1.807) is 18.2 Å². The van der Waals surface area contributed by atoms with Crippen LogP contribution in [0.2, 0.25) is 0 Å². The largest absolute Gasteiger partial charge is 0.428 e. The van der Waals surface area contributed by atoms with E-state index < -0.39 is 50.1 Å². The maximum absolute atomic E-state index is 14.9.